The lowest BCUT2D eigenvalue weighted by molar-refractivity contribution is -0.127. The summed E-state index contributed by atoms with van der Waals surface area (Å²) in [6, 6.07) is 3.86. The number of aromatic amines is 1. The lowest BCUT2D eigenvalue weighted by Crippen LogP contribution is -2.44. The first-order valence-electron chi connectivity index (χ1n) is 13.1. The molecule has 1 aliphatic carbocycles. The second kappa shape index (κ2) is 10.7. The number of aromatic nitrogens is 2. The molecule has 3 fully saturated rings. The zero-order valence-electron chi connectivity index (χ0n) is 21.7. The Morgan fingerprint density at radius 1 is 1.23 bits per heavy atom. The summed E-state index contributed by atoms with van der Waals surface area (Å²) < 4.78 is 33.8. The van der Waals surface area contributed by atoms with Crippen LogP contribution in [0.15, 0.2) is 24.5 Å². The van der Waals surface area contributed by atoms with Crippen molar-refractivity contribution in [3.05, 3.63) is 46.8 Å². The maximum absolute atomic E-state index is 13.5. The molecule has 0 bridgehead atoms. The summed E-state index contributed by atoms with van der Waals surface area (Å²) in [7, 11) is -2.74. The molecule has 2 saturated heterocycles. The summed E-state index contributed by atoms with van der Waals surface area (Å²) in [6.45, 7) is 2.89. The summed E-state index contributed by atoms with van der Waals surface area (Å²) >= 11 is 6.21. The molecule has 0 radical (unpaired) electrons. The van der Waals surface area contributed by atoms with Crippen LogP contribution in [0.3, 0.4) is 0 Å². The van der Waals surface area contributed by atoms with Gasteiger partial charge in [-0.05, 0) is 56.2 Å². The number of H-pyrrole nitrogens is 1. The molecule has 2 aromatic rings. The Balaban J connectivity index is 1.20. The monoisotopic (exact) mass is 581 g/mol. The first kappa shape index (κ1) is 27.9. The maximum atomic E-state index is 13.5. The fraction of sp³-hybridized carbons (Fsp3) is 0.538. The van der Waals surface area contributed by atoms with Gasteiger partial charge in [0.2, 0.25) is 5.91 Å². The van der Waals surface area contributed by atoms with Gasteiger partial charge in [0.15, 0.2) is 5.69 Å². The van der Waals surface area contributed by atoms with Crippen molar-refractivity contribution in [3.8, 4) is 0 Å². The van der Waals surface area contributed by atoms with E-state index in [0.29, 0.717) is 50.9 Å². The van der Waals surface area contributed by atoms with Crippen LogP contribution in [-0.2, 0) is 4.79 Å². The number of carbonyl (C=O) groups excluding carboxylic acids is 3. The summed E-state index contributed by atoms with van der Waals surface area (Å²) in [6.07, 6.45) is 4.36. The van der Waals surface area contributed by atoms with Crippen LogP contribution in [0.4, 0.5) is 10.1 Å². The third kappa shape index (κ3) is 5.65. The molecule has 13 heteroatoms. The van der Waals surface area contributed by atoms with Gasteiger partial charge in [0, 0.05) is 31.4 Å². The van der Waals surface area contributed by atoms with E-state index in [2.05, 4.69) is 15.3 Å². The first-order chi connectivity index (χ1) is 18.5. The number of rotatable bonds is 4. The molecule has 3 aliphatic rings. The van der Waals surface area contributed by atoms with Crippen LogP contribution in [0.2, 0.25) is 5.02 Å². The van der Waals surface area contributed by atoms with Crippen LogP contribution in [0.5, 0.6) is 0 Å². The van der Waals surface area contributed by atoms with Crippen molar-refractivity contribution in [1.29, 1.82) is 0 Å². The van der Waals surface area contributed by atoms with Gasteiger partial charge < -0.3 is 20.1 Å². The van der Waals surface area contributed by atoms with Crippen molar-refractivity contribution < 1.29 is 27.9 Å². The predicted molar refractivity (Wildman–Crippen MR) is 147 cm³/mol. The van der Waals surface area contributed by atoms with Crippen LogP contribution in [0, 0.1) is 17.2 Å². The summed E-state index contributed by atoms with van der Waals surface area (Å²) in [5, 5.41) is 3.19. The van der Waals surface area contributed by atoms with Crippen LogP contribution >= 0.6 is 22.2 Å². The molecular weight excluding hydrogens is 549 g/mol. The molecule has 3 heterocycles. The second-order valence-corrected chi connectivity index (χ2v) is 13.7. The fourth-order valence-electron chi connectivity index (χ4n) is 6.07. The van der Waals surface area contributed by atoms with Gasteiger partial charge in [0.1, 0.15) is 11.5 Å². The molecule has 10 nitrogen and oxygen atoms in total. The van der Waals surface area contributed by atoms with Crippen LogP contribution in [0.25, 0.3) is 0 Å². The molecule has 1 atom stereocenters. The molecule has 3 amide bonds. The van der Waals surface area contributed by atoms with E-state index in [9.17, 15) is 27.9 Å². The largest absolute Gasteiger partial charge is 0.348 e. The number of nitrogens with zero attached hydrogens (tertiary/aromatic N) is 3. The molecule has 1 unspecified atom stereocenters. The summed E-state index contributed by atoms with van der Waals surface area (Å²) in [5.41, 5.74) is 0.0467. The molecule has 4 N–H and O–H groups in total. The number of hydrogen-bond acceptors (Lipinski definition) is 6. The average Bonchev–Trinajstić information content (AvgIpc) is 3.45. The number of hydrogen-bond donors (Lipinski definition) is 4. The van der Waals surface area contributed by atoms with Gasteiger partial charge in [0.05, 0.1) is 28.2 Å². The van der Waals surface area contributed by atoms with Crippen molar-refractivity contribution in [3.63, 3.8) is 0 Å². The number of amides is 3. The number of carbonyl (C=O) groups is 3. The van der Waals surface area contributed by atoms with E-state index < -0.39 is 33.6 Å². The number of nitrogens with one attached hydrogen (secondary N) is 2. The average molecular weight is 582 g/mol. The molecule has 1 saturated carbocycles. The predicted octanol–water partition coefficient (Wildman–Crippen LogP) is 4.14. The van der Waals surface area contributed by atoms with Crippen molar-refractivity contribution >= 4 is 45.6 Å². The van der Waals surface area contributed by atoms with E-state index in [-0.39, 0.29) is 52.3 Å². The molecule has 1 aromatic heterocycles. The highest BCUT2D eigenvalue weighted by Crippen LogP contribution is 2.47. The quantitative estimate of drug-likeness (QED) is 0.428. The Morgan fingerprint density at radius 2 is 1.97 bits per heavy atom. The third-order valence-electron chi connectivity index (χ3n) is 8.12. The molecule has 1 spiro atoms. The SMILES string of the molecule is CC1CN(C(=O)c2nc[nH]c2C(=O)NC2CCC3(CC2)CCN(c2ccc(F)cc2Cl)C3=O)CCS(O)(O)C1. The minimum Gasteiger partial charge on any atom is -0.348 e. The standard InChI is InChI=1S/C26H33ClFN5O5S/c1-16-13-32(10-11-39(37,38)14-16)24(35)22-21(29-15-30-22)23(34)31-18-4-6-26(7-5-18)8-9-33(25(26)36)20-3-2-17(28)12-19(20)27/h2-3,12,15-16,18,37-38H,4-11,13-14H2,1H3,(H,29,30)(H,31,34). The highest BCUT2D eigenvalue weighted by atomic mass is 35.5. The van der Waals surface area contributed by atoms with Gasteiger partial charge in [0.25, 0.3) is 11.8 Å². The van der Waals surface area contributed by atoms with E-state index in [1.807, 2.05) is 6.92 Å². The highest BCUT2D eigenvalue weighted by molar-refractivity contribution is 8.24. The van der Waals surface area contributed by atoms with Gasteiger partial charge in [-0.15, -0.1) is 0 Å². The Hall–Kier alpha value is -2.67. The Kier molecular flexibility index (Phi) is 7.66. The first-order valence-corrected chi connectivity index (χ1v) is 15.4. The van der Waals surface area contributed by atoms with Gasteiger partial charge >= 0.3 is 0 Å². The number of benzene rings is 1. The van der Waals surface area contributed by atoms with Crippen molar-refractivity contribution in [1.82, 2.24) is 20.2 Å². The molecule has 212 valence electrons. The molecule has 2 aliphatic heterocycles. The third-order valence-corrected chi connectivity index (χ3v) is 10.4. The van der Waals surface area contributed by atoms with Crippen LogP contribution < -0.4 is 10.2 Å². The normalized spacial score (nSPS) is 27.9. The summed E-state index contributed by atoms with van der Waals surface area (Å²) in [5.74, 6) is -1.10. The Morgan fingerprint density at radius 3 is 2.69 bits per heavy atom. The van der Waals surface area contributed by atoms with Crippen molar-refractivity contribution in [2.75, 3.05) is 36.0 Å². The maximum Gasteiger partial charge on any atom is 0.274 e. The molecular formula is C26H33ClFN5O5S. The van der Waals surface area contributed by atoms with Gasteiger partial charge in [-0.3, -0.25) is 23.5 Å². The molecule has 5 rings (SSSR count). The van der Waals surface area contributed by atoms with Gasteiger partial charge in [-0.1, -0.05) is 18.5 Å². The van der Waals surface area contributed by atoms with Crippen LogP contribution in [0.1, 0.15) is 60.0 Å². The van der Waals surface area contributed by atoms with E-state index >= 15 is 0 Å². The van der Waals surface area contributed by atoms with E-state index in [1.54, 1.807) is 4.90 Å². The lowest BCUT2D eigenvalue weighted by atomic mass is 9.71. The van der Waals surface area contributed by atoms with E-state index in [1.165, 1.54) is 29.4 Å². The topological polar surface area (TPSA) is 139 Å². The highest BCUT2D eigenvalue weighted by Gasteiger charge is 2.49. The van der Waals surface area contributed by atoms with Crippen molar-refractivity contribution in [2.45, 2.75) is 45.1 Å². The Bertz CT molecular complexity index is 1280. The fourth-order valence-corrected chi connectivity index (χ4v) is 8.03. The number of anilines is 1. The molecule has 1 aromatic carbocycles. The number of imidazole rings is 1. The minimum atomic E-state index is -2.74. The smallest absolute Gasteiger partial charge is 0.274 e. The van der Waals surface area contributed by atoms with Gasteiger partial charge in [-0.2, -0.15) is 10.6 Å². The second-order valence-electron chi connectivity index (χ2n) is 11.0. The zero-order valence-corrected chi connectivity index (χ0v) is 23.2. The zero-order chi connectivity index (χ0) is 27.9. The Labute approximate surface area is 232 Å². The lowest BCUT2D eigenvalue weighted by Gasteiger charge is -2.36. The minimum absolute atomic E-state index is 0.00292. The summed E-state index contributed by atoms with van der Waals surface area (Å²) in [4.78, 5) is 49.8. The van der Waals surface area contributed by atoms with E-state index in [4.69, 9.17) is 11.6 Å². The van der Waals surface area contributed by atoms with E-state index in [0.717, 1.165) is 0 Å². The van der Waals surface area contributed by atoms with Crippen molar-refractivity contribution in [2.24, 2.45) is 11.3 Å². The van der Waals surface area contributed by atoms with Crippen LogP contribution in [-0.4, -0.2) is 78.9 Å². The molecule has 39 heavy (non-hydrogen) atoms. The van der Waals surface area contributed by atoms with Gasteiger partial charge in [-0.25, -0.2) is 9.37 Å². The number of halogens is 2.